The van der Waals surface area contributed by atoms with Gasteiger partial charge in [-0.25, -0.2) is 0 Å². The van der Waals surface area contributed by atoms with E-state index in [2.05, 4.69) is 273 Å². The highest BCUT2D eigenvalue weighted by Crippen LogP contribution is 2.53. The van der Waals surface area contributed by atoms with Crippen molar-refractivity contribution in [2.45, 2.75) is 92.7 Å². The quantitative estimate of drug-likeness (QED) is 0.0889. The van der Waals surface area contributed by atoms with Crippen LogP contribution >= 0.6 is 0 Å². The van der Waals surface area contributed by atoms with E-state index in [1.54, 1.807) is 0 Å². The molecule has 0 aliphatic carbocycles. The van der Waals surface area contributed by atoms with Gasteiger partial charge in [0.05, 0.1) is 38.9 Å². The Morgan fingerprint density at radius 2 is 0.700 bits per heavy atom. The van der Waals surface area contributed by atoms with Gasteiger partial charge < -0.3 is 9.80 Å². The molecule has 0 amide bonds. The summed E-state index contributed by atoms with van der Waals surface area (Å²) in [6, 6.07) is 69.5. The van der Waals surface area contributed by atoms with Crippen LogP contribution in [0.2, 0.25) is 39.3 Å². The third-order valence-corrected chi connectivity index (χ3v) is 18.9. The van der Waals surface area contributed by atoms with Gasteiger partial charge in [-0.3, -0.25) is 0 Å². The van der Waals surface area contributed by atoms with E-state index in [0.29, 0.717) is 0 Å². The summed E-state index contributed by atoms with van der Waals surface area (Å²) >= 11 is 0. The first-order valence-electron chi connectivity index (χ1n) is 25.4. The molecule has 0 N–H and O–H groups in total. The normalized spacial score (nSPS) is 12.3. The molecular formula is C66H68N2Si2. The minimum absolute atomic E-state index is 0.274. The molecule has 0 atom stereocenters. The summed E-state index contributed by atoms with van der Waals surface area (Å²) in [5.74, 6) is 0.548. The molecule has 0 radical (unpaired) electrons. The summed E-state index contributed by atoms with van der Waals surface area (Å²) in [6.07, 6.45) is 0. The number of hydrogen-bond acceptors (Lipinski definition) is 2. The fourth-order valence-corrected chi connectivity index (χ4v) is 13.3. The zero-order valence-corrected chi connectivity index (χ0v) is 45.4. The number of hydrogen-bond donors (Lipinski definition) is 0. The summed E-state index contributed by atoms with van der Waals surface area (Å²) in [5.41, 5.74) is 17.2. The minimum Gasteiger partial charge on any atom is -0.309 e. The number of para-hydroxylation sites is 2. The first-order chi connectivity index (χ1) is 33.5. The van der Waals surface area contributed by atoms with Gasteiger partial charge in [0.15, 0.2) is 0 Å². The lowest BCUT2D eigenvalue weighted by Gasteiger charge is -2.34. The van der Waals surface area contributed by atoms with E-state index in [1.807, 2.05) is 0 Å². The van der Waals surface area contributed by atoms with E-state index < -0.39 is 16.1 Å². The Morgan fingerprint density at radius 1 is 0.357 bits per heavy atom. The molecule has 0 aliphatic rings. The van der Waals surface area contributed by atoms with Crippen molar-refractivity contribution < 1.29 is 0 Å². The SMILES string of the molecule is Cc1cccc(-c2ccccc2)c1N(c1ccc([Si](C)(C)C)cc1)c1cc(C(C)C)c2ccc3c(N(c4ccc([Si](C)(C)C)cc4)c4c(C)cccc4-c4ccccc4)cc(C(C)C)c4ccc1c2c43. The van der Waals surface area contributed by atoms with Gasteiger partial charge in [0, 0.05) is 33.3 Å². The topological polar surface area (TPSA) is 6.48 Å². The van der Waals surface area contributed by atoms with Crippen molar-refractivity contribution in [3.05, 3.63) is 204 Å². The van der Waals surface area contributed by atoms with E-state index in [4.69, 9.17) is 0 Å². The number of nitrogens with zero attached hydrogens (tertiary/aromatic N) is 2. The lowest BCUT2D eigenvalue weighted by Crippen LogP contribution is -2.37. The molecule has 70 heavy (non-hydrogen) atoms. The maximum atomic E-state index is 2.60. The number of rotatable bonds is 12. The van der Waals surface area contributed by atoms with Crippen LogP contribution in [0, 0.1) is 13.8 Å². The van der Waals surface area contributed by atoms with Crippen LogP contribution in [-0.4, -0.2) is 16.1 Å². The van der Waals surface area contributed by atoms with E-state index in [1.165, 1.54) is 121 Å². The third kappa shape index (κ3) is 8.35. The van der Waals surface area contributed by atoms with Crippen LogP contribution in [0.25, 0.3) is 54.6 Å². The van der Waals surface area contributed by atoms with Crippen molar-refractivity contribution in [1.82, 2.24) is 0 Å². The van der Waals surface area contributed by atoms with Crippen LogP contribution in [-0.2, 0) is 0 Å². The molecule has 10 rings (SSSR count). The van der Waals surface area contributed by atoms with E-state index in [9.17, 15) is 0 Å². The van der Waals surface area contributed by atoms with Crippen LogP contribution in [0.3, 0.4) is 0 Å². The number of aryl methyl sites for hydroxylation is 2. The third-order valence-electron chi connectivity index (χ3n) is 14.7. The first kappa shape index (κ1) is 47.0. The molecule has 0 aromatic heterocycles. The Bertz CT molecular complexity index is 3270. The Labute approximate surface area is 419 Å². The van der Waals surface area contributed by atoms with E-state index in [0.717, 1.165) is 0 Å². The fraction of sp³-hybridized carbons (Fsp3) is 0.212. The predicted octanol–water partition coefficient (Wildman–Crippen LogP) is 18.8. The predicted molar refractivity (Wildman–Crippen MR) is 314 cm³/mol. The molecule has 350 valence electrons. The molecule has 2 nitrogen and oxygen atoms in total. The largest absolute Gasteiger partial charge is 0.309 e. The van der Waals surface area contributed by atoms with Gasteiger partial charge in [0.1, 0.15) is 0 Å². The Hall–Kier alpha value is -6.73. The number of benzene rings is 10. The summed E-state index contributed by atoms with van der Waals surface area (Å²) in [5, 5.41) is 10.8. The van der Waals surface area contributed by atoms with Crippen LogP contribution in [0.5, 0.6) is 0 Å². The lowest BCUT2D eigenvalue weighted by molar-refractivity contribution is 0.875. The van der Waals surface area contributed by atoms with Crippen LogP contribution in [0.4, 0.5) is 34.1 Å². The molecule has 0 fully saturated rings. The van der Waals surface area contributed by atoms with Crippen molar-refractivity contribution in [3.8, 4) is 22.3 Å². The van der Waals surface area contributed by atoms with Crippen molar-refractivity contribution >= 4 is 93.0 Å². The highest BCUT2D eigenvalue weighted by molar-refractivity contribution is 6.89. The highest BCUT2D eigenvalue weighted by Gasteiger charge is 2.29. The van der Waals surface area contributed by atoms with Gasteiger partial charge in [-0.1, -0.05) is 223 Å². The molecule has 10 aromatic carbocycles. The van der Waals surface area contributed by atoms with Crippen LogP contribution in [0.15, 0.2) is 182 Å². The second-order valence-electron chi connectivity index (χ2n) is 22.3. The lowest BCUT2D eigenvalue weighted by atomic mass is 9.83. The standard InChI is InChI=1S/C66H68N2Si2/c1-43(2)59-41-61(67(49-29-33-51(34-30-49)69(7,8)9)65-45(5)21-19-27-53(65)47-23-15-13-16-24-47)57-40-38-56-60(44(3)4)42-62(58-39-37-55(59)63(57)64(56)58)68(50-31-35-52(36-32-50)70(10,11)12)66-46(6)22-20-28-54(66)48-25-17-14-18-26-48/h13-44H,1-12H3. The molecule has 0 saturated carbocycles. The van der Waals surface area contributed by atoms with Gasteiger partial charge in [-0.15, -0.1) is 0 Å². The van der Waals surface area contributed by atoms with Crippen molar-refractivity contribution in [2.24, 2.45) is 0 Å². The smallest absolute Gasteiger partial charge is 0.0775 e. The maximum Gasteiger partial charge on any atom is 0.0775 e. The molecule has 0 unspecified atom stereocenters. The molecule has 0 saturated heterocycles. The van der Waals surface area contributed by atoms with E-state index >= 15 is 0 Å². The van der Waals surface area contributed by atoms with Crippen LogP contribution < -0.4 is 20.2 Å². The highest BCUT2D eigenvalue weighted by atomic mass is 28.3. The first-order valence-corrected chi connectivity index (χ1v) is 32.4. The molecule has 10 aromatic rings. The molecule has 0 heterocycles. The molecule has 0 aliphatic heterocycles. The average molecular weight is 945 g/mol. The molecule has 4 heteroatoms. The molecular weight excluding hydrogens is 877 g/mol. The summed E-state index contributed by atoms with van der Waals surface area (Å²) in [6.45, 7) is 28.7. The van der Waals surface area contributed by atoms with Gasteiger partial charge in [-0.2, -0.15) is 0 Å². The molecule has 0 bridgehead atoms. The van der Waals surface area contributed by atoms with Gasteiger partial charge in [0.25, 0.3) is 0 Å². The molecule has 0 spiro atoms. The second-order valence-corrected chi connectivity index (χ2v) is 32.4. The number of anilines is 6. The maximum absolute atomic E-state index is 2.60. The monoisotopic (exact) mass is 944 g/mol. The summed E-state index contributed by atoms with van der Waals surface area (Å²) in [7, 11) is -3.15. The minimum atomic E-state index is -1.57. The summed E-state index contributed by atoms with van der Waals surface area (Å²) < 4.78 is 0. The fourth-order valence-electron chi connectivity index (χ4n) is 10.9. The Kier molecular flexibility index (Phi) is 12.2. The zero-order chi connectivity index (χ0) is 49.2. The van der Waals surface area contributed by atoms with E-state index in [-0.39, 0.29) is 11.8 Å². The zero-order valence-electron chi connectivity index (χ0n) is 43.4. The van der Waals surface area contributed by atoms with Gasteiger partial charge in [0.2, 0.25) is 0 Å². The average Bonchev–Trinajstić information content (AvgIpc) is 3.34. The van der Waals surface area contributed by atoms with Gasteiger partial charge >= 0.3 is 0 Å². The van der Waals surface area contributed by atoms with Crippen molar-refractivity contribution in [1.29, 1.82) is 0 Å². The van der Waals surface area contributed by atoms with Crippen LogP contribution in [0.1, 0.15) is 61.8 Å². The van der Waals surface area contributed by atoms with Crippen molar-refractivity contribution in [3.63, 3.8) is 0 Å². The second kappa shape index (κ2) is 18.2. The van der Waals surface area contributed by atoms with Gasteiger partial charge in [-0.05, 0) is 117 Å². The summed E-state index contributed by atoms with van der Waals surface area (Å²) in [4.78, 5) is 5.19. The Morgan fingerprint density at radius 3 is 1.03 bits per heavy atom. The van der Waals surface area contributed by atoms with Crippen molar-refractivity contribution in [2.75, 3.05) is 9.80 Å². The Balaban J connectivity index is 1.34.